The summed E-state index contributed by atoms with van der Waals surface area (Å²) < 4.78 is 16.0. The minimum absolute atomic E-state index is 0.0439. The zero-order chi connectivity index (χ0) is 21.3. The third-order valence-electron chi connectivity index (χ3n) is 5.72. The number of rotatable bonds is 6. The molecule has 1 aliphatic carbocycles. The van der Waals surface area contributed by atoms with Crippen LogP contribution >= 0.6 is 0 Å². The first-order valence-electron chi connectivity index (χ1n) is 10.1. The highest BCUT2D eigenvalue weighted by molar-refractivity contribution is 5.99. The maximum Gasteiger partial charge on any atom is 0.252 e. The number of amides is 3. The minimum atomic E-state index is -0.709. The molecule has 2 unspecified atom stereocenters. The molecule has 1 saturated heterocycles. The topological polar surface area (TPSA) is 96.3 Å². The first-order valence-corrected chi connectivity index (χ1v) is 10.1. The maximum absolute atomic E-state index is 14.5. The Morgan fingerprint density at radius 1 is 1.23 bits per heavy atom. The molecule has 3 amide bonds. The number of carbonyl (C=O) groups is 3. The number of nitrogens with one attached hydrogen (secondary N) is 2. The van der Waals surface area contributed by atoms with E-state index >= 15 is 0 Å². The highest BCUT2D eigenvalue weighted by atomic mass is 19.1. The molecule has 0 bridgehead atoms. The number of nitrogens with zero attached hydrogens (tertiary/aromatic N) is 3. The van der Waals surface area contributed by atoms with Crippen LogP contribution in [0.4, 0.5) is 4.39 Å². The summed E-state index contributed by atoms with van der Waals surface area (Å²) >= 11 is 0. The van der Waals surface area contributed by atoms with Gasteiger partial charge in [0, 0.05) is 31.5 Å². The Morgan fingerprint density at radius 3 is 2.67 bits per heavy atom. The molecule has 2 heterocycles. The summed E-state index contributed by atoms with van der Waals surface area (Å²) in [5.74, 6) is -1.46. The summed E-state index contributed by atoms with van der Waals surface area (Å²) in [5.41, 5.74) is 0.420. The predicted molar refractivity (Wildman–Crippen MR) is 106 cm³/mol. The van der Waals surface area contributed by atoms with E-state index in [9.17, 15) is 18.8 Å². The van der Waals surface area contributed by atoms with Crippen LogP contribution in [0.3, 0.4) is 0 Å². The molecule has 0 spiro atoms. The average Bonchev–Trinajstić information content (AvgIpc) is 3.23. The van der Waals surface area contributed by atoms with E-state index in [0.29, 0.717) is 13.0 Å². The van der Waals surface area contributed by atoms with E-state index in [2.05, 4.69) is 15.6 Å². The molecule has 2 fully saturated rings. The number of aromatic nitrogens is 2. The quantitative estimate of drug-likeness (QED) is 0.745. The Hall–Kier alpha value is -3.23. The van der Waals surface area contributed by atoms with Gasteiger partial charge in [0.25, 0.3) is 5.91 Å². The second-order valence-electron chi connectivity index (χ2n) is 7.73. The van der Waals surface area contributed by atoms with E-state index in [1.165, 1.54) is 29.2 Å². The Bertz CT molecular complexity index is 958. The van der Waals surface area contributed by atoms with Crippen molar-refractivity contribution in [2.24, 2.45) is 5.92 Å². The molecule has 2 N–H and O–H groups in total. The number of hydrogen-bond donors (Lipinski definition) is 2. The van der Waals surface area contributed by atoms with Crippen LogP contribution < -0.4 is 10.6 Å². The summed E-state index contributed by atoms with van der Waals surface area (Å²) in [7, 11) is 1.55. The Balaban J connectivity index is 1.50. The molecule has 2 aliphatic rings. The van der Waals surface area contributed by atoms with Crippen molar-refractivity contribution in [1.29, 1.82) is 0 Å². The molecule has 158 valence electrons. The van der Waals surface area contributed by atoms with Crippen molar-refractivity contribution in [3.8, 4) is 5.69 Å². The molecule has 9 heteroatoms. The third kappa shape index (κ3) is 3.92. The van der Waals surface area contributed by atoms with E-state index in [4.69, 9.17) is 0 Å². The normalized spacial score (nSPS) is 19.4. The van der Waals surface area contributed by atoms with Gasteiger partial charge in [-0.05, 0) is 49.8 Å². The van der Waals surface area contributed by atoms with Crippen LogP contribution in [0.2, 0.25) is 0 Å². The average molecular weight is 413 g/mol. The summed E-state index contributed by atoms with van der Waals surface area (Å²) in [6, 6.07) is 2.96. The molecular weight excluding hydrogens is 389 g/mol. The fourth-order valence-electron chi connectivity index (χ4n) is 3.94. The fourth-order valence-corrected chi connectivity index (χ4v) is 3.94. The Labute approximate surface area is 173 Å². The number of likely N-dealkylation sites (N-methyl/N-ethyl adjacent to an activating group) is 1. The molecule has 2 atom stereocenters. The molecule has 4 rings (SSSR count). The molecule has 2 aromatic rings. The monoisotopic (exact) mass is 413 g/mol. The fraction of sp³-hybridized carbons (Fsp3) is 0.429. The van der Waals surface area contributed by atoms with Crippen LogP contribution in [0.1, 0.15) is 36.0 Å². The van der Waals surface area contributed by atoms with Crippen LogP contribution in [0.5, 0.6) is 0 Å². The maximum atomic E-state index is 14.5. The van der Waals surface area contributed by atoms with Gasteiger partial charge in [-0.1, -0.05) is 0 Å². The van der Waals surface area contributed by atoms with Crippen LogP contribution in [0, 0.1) is 11.7 Å². The van der Waals surface area contributed by atoms with Crippen molar-refractivity contribution in [3.05, 3.63) is 48.3 Å². The van der Waals surface area contributed by atoms with Gasteiger partial charge in [0.2, 0.25) is 11.8 Å². The number of likely N-dealkylation sites (tertiary alicyclic amines) is 1. The number of hydrogen-bond acceptors (Lipinski definition) is 4. The van der Waals surface area contributed by atoms with Crippen molar-refractivity contribution in [2.75, 3.05) is 13.6 Å². The van der Waals surface area contributed by atoms with Crippen LogP contribution in [0.15, 0.2) is 36.9 Å². The lowest BCUT2D eigenvalue weighted by atomic mass is 10.1. The van der Waals surface area contributed by atoms with Gasteiger partial charge in [0.15, 0.2) is 0 Å². The third-order valence-corrected chi connectivity index (χ3v) is 5.72. The first kappa shape index (κ1) is 20.1. The van der Waals surface area contributed by atoms with Gasteiger partial charge in [0.1, 0.15) is 17.9 Å². The standard InChI is InChI=1S/C21H24FN5O3/c1-23-20(29)17-3-2-9-27(17)21(30)18(13-4-5-13)25-19(28)14-6-7-16(15(22)11-14)26-10-8-24-12-26/h6-8,10-13,17-18H,2-5,9H2,1H3,(H,23,29)(H,25,28). The van der Waals surface area contributed by atoms with Crippen molar-refractivity contribution >= 4 is 17.7 Å². The van der Waals surface area contributed by atoms with E-state index in [1.807, 2.05) is 0 Å². The van der Waals surface area contributed by atoms with Gasteiger partial charge in [-0.3, -0.25) is 14.4 Å². The second kappa shape index (κ2) is 8.25. The molecule has 30 heavy (non-hydrogen) atoms. The van der Waals surface area contributed by atoms with Gasteiger partial charge < -0.3 is 20.1 Å². The number of carbonyl (C=O) groups excluding carboxylic acids is 3. The zero-order valence-corrected chi connectivity index (χ0v) is 16.7. The summed E-state index contributed by atoms with van der Waals surface area (Å²) in [4.78, 5) is 43.5. The van der Waals surface area contributed by atoms with E-state index < -0.39 is 23.8 Å². The lowest BCUT2D eigenvalue weighted by molar-refractivity contribution is -0.140. The lowest BCUT2D eigenvalue weighted by Gasteiger charge is -2.28. The molecule has 1 aliphatic heterocycles. The van der Waals surface area contributed by atoms with Crippen molar-refractivity contribution in [2.45, 2.75) is 37.8 Å². The van der Waals surface area contributed by atoms with Crippen molar-refractivity contribution < 1.29 is 18.8 Å². The van der Waals surface area contributed by atoms with Gasteiger partial charge in [-0.2, -0.15) is 0 Å². The molecule has 1 aromatic heterocycles. The molecular formula is C21H24FN5O3. The largest absolute Gasteiger partial charge is 0.357 e. The van der Waals surface area contributed by atoms with Crippen LogP contribution in [-0.2, 0) is 9.59 Å². The van der Waals surface area contributed by atoms with Crippen LogP contribution in [-0.4, -0.2) is 57.8 Å². The number of halogens is 1. The van der Waals surface area contributed by atoms with Crippen LogP contribution in [0.25, 0.3) is 5.69 Å². The smallest absolute Gasteiger partial charge is 0.252 e. The number of benzene rings is 1. The molecule has 0 radical (unpaired) electrons. The van der Waals surface area contributed by atoms with E-state index in [-0.39, 0.29) is 29.0 Å². The Morgan fingerprint density at radius 2 is 2.03 bits per heavy atom. The minimum Gasteiger partial charge on any atom is -0.357 e. The van der Waals surface area contributed by atoms with Gasteiger partial charge in [-0.25, -0.2) is 9.37 Å². The number of imidazole rings is 1. The first-order chi connectivity index (χ1) is 14.5. The predicted octanol–water partition coefficient (Wildman–Crippen LogP) is 1.26. The highest BCUT2D eigenvalue weighted by Crippen LogP contribution is 2.35. The van der Waals surface area contributed by atoms with E-state index in [1.54, 1.807) is 18.1 Å². The van der Waals surface area contributed by atoms with Gasteiger partial charge in [-0.15, -0.1) is 0 Å². The molecule has 1 aromatic carbocycles. The van der Waals surface area contributed by atoms with Crippen molar-refractivity contribution in [3.63, 3.8) is 0 Å². The molecule has 8 nitrogen and oxygen atoms in total. The summed E-state index contributed by atoms with van der Waals surface area (Å²) in [5, 5.41) is 5.38. The summed E-state index contributed by atoms with van der Waals surface area (Å²) in [6.45, 7) is 0.490. The molecule has 1 saturated carbocycles. The van der Waals surface area contributed by atoms with Crippen molar-refractivity contribution in [1.82, 2.24) is 25.1 Å². The summed E-state index contributed by atoms with van der Waals surface area (Å²) in [6.07, 6.45) is 7.65. The van der Waals surface area contributed by atoms with E-state index in [0.717, 1.165) is 25.3 Å². The van der Waals surface area contributed by atoms with Gasteiger partial charge >= 0.3 is 0 Å². The van der Waals surface area contributed by atoms with Gasteiger partial charge in [0.05, 0.1) is 12.0 Å². The lowest BCUT2D eigenvalue weighted by Crippen LogP contribution is -2.54. The highest BCUT2D eigenvalue weighted by Gasteiger charge is 2.43. The SMILES string of the molecule is CNC(=O)C1CCCN1C(=O)C(NC(=O)c1ccc(-n2ccnc2)c(F)c1)C1CC1. The zero-order valence-electron chi connectivity index (χ0n) is 16.7. The second-order valence-corrected chi connectivity index (χ2v) is 7.73. The Kier molecular flexibility index (Phi) is 5.52.